The quantitative estimate of drug-likeness (QED) is 0.281. The van der Waals surface area contributed by atoms with Crippen molar-refractivity contribution in [1.82, 2.24) is 14.7 Å². The molecule has 4 aliphatic carbocycles. The summed E-state index contributed by atoms with van der Waals surface area (Å²) in [5.74, 6) is 2.48. The zero-order valence-electron chi connectivity index (χ0n) is 20.2. The van der Waals surface area contributed by atoms with Gasteiger partial charge in [0.05, 0.1) is 22.8 Å². The SMILES string of the molecule is O=C1C(=Cc2cn(-c3ccccc3)nc2C23CC4CC(CC(C4)C2)C3)SC(=S)N1Cc1ccccc1. The summed E-state index contributed by atoms with van der Waals surface area (Å²) in [5, 5.41) is 5.25. The summed E-state index contributed by atoms with van der Waals surface area (Å²) in [6, 6.07) is 20.4. The highest BCUT2D eigenvalue weighted by Gasteiger charge is 2.53. The van der Waals surface area contributed by atoms with Crippen molar-refractivity contribution >= 4 is 40.3 Å². The lowest BCUT2D eigenvalue weighted by molar-refractivity contribution is -0.122. The van der Waals surface area contributed by atoms with Gasteiger partial charge in [-0.15, -0.1) is 0 Å². The number of carbonyl (C=O) groups is 1. The molecule has 0 atom stereocenters. The van der Waals surface area contributed by atoms with Crippen LogP contribution in [0.2, 0.25) is 0 Å². The molecule has 2 aromatic carbocycles. The second kappa shape index (κ2) is 8.70. The number of hydrogen-bond acceptors (Lipinski definition) is 4. The molecule has 5 fully saturated rings. The van der Waals surface area contributed by atoms with Crippen LogP contribution in [-0.4, -0.2) is 24.9 Å². The first kappa shape index (κ1) is 22.5. The molecule has 8 rings (SSSR count). The van der Waals surface area contributed by atoms with Gasteiger partial charge in [0.15, 0.2) is 0 Å². The molecule has 182 valence electrons. The first-order valence-corrected chi connectivity index (χ1v) is 14.2. The lowest BCUT2D eigenvalue weighted by Crippen LogP contribution is -2.49. The molecule has 0 radical (unpaired) electrons. The summed E-state index contributed by atoms with van der Waals surface area (Å²) >= 11 is 7.07. The molecule has 2 heterocycles. The molecule has 0 N–H and O–H groups in total. The number of benzene rings is 2. The largest absolute Gasteiger partial charge is 0.288 e. The zero-order chi connectivity index (χ0) is 24.3. The summed E-state index contributed by atoms with van der Waals surface area (Å²) in [6.07, 6.45) is 12.1. The lowest BCUT2D eigenvalue weighted by atomic mass is 9.48. The van der Waals surface area contributed by atoms with Crippen molar-refractivity contribution in [1.29, 1.82) is 0 Å². The third kappa shape index (κ3) is 3.86. The molecular weight excluding hydrogens is 482 g/mol. The van der Waals surface area contributed by atoms with Crippen molar-refractivity contribution in [2.45, 2.75) is 50.5 Å². The van der Waals surface area contributed by atoms with Crippen molar-refractivity contribution in [3.63, 3.8) is 0 Å². The maximum atomic E-state index is 13.5. The van der Waals surface area contributed by atoms with Gasteiger partial charge in [-0.05, 0) is 80.1 Å². The maximum absolute atomic E-state index is 13.5. The lowest BCUT2D eigenvalue weighted by Gasteiger charge is -2.56. The fourth-order valence-electron chi connectivity index (χ4n) is 7.56. The van der Waals surface area contributed by atoms with Gasteiger partial charge >= 0.3 is 0 Å². The molecule has 1 amide bonds. The van der Waals surface area contributed by atoms with Gasteiger partial charge in [-0.2, -0.15) is 5.10 Å². The summed E-state index contributed by atoms with van der Waals surface area (Å²) in [6.45, 7) is 0.508. The molecule has 4 bridgehead atoms. The Morgan fingerprint density at radius 1 is 0.944 bits per heavy atom. The van der Waals surface area contributed by atoms with E-state index in [1.165, 1.54) is 56.0 Å². The second-order valence-electron chi connectivity index (χ2n) is 11.2. The third-order valence-corrected chi connectivity index (χ3v) is 10.0. The van der Waals surface area contributed by atoms with Gasteiger partial charge in [-0.3, -0.25) is 9.69 Å². The average molecular weight is 512 g/mol. The van der Waals surface area contributed by atoms with Crippen LogP contribution in [0.4, 0.5) is 0 Å². The third-order valence-electron chi connectivity index (χ3n) is 8.65. The Labute approximate surface area is 221 Å². The molecule has 36 heavy (non-hydrogen) atoms. The molecule has 3 aromatic rings. The van der Waals surface area contributed by atoms with E-state index in [0.29, 0.717) is 15.8 Å². The van der Waals surface area contributed by atoms with Crippen LogP contribution in [0.3, 0.4) is 0 Å². The normalized spacial score (nSPS) is 30.1. The monoisotopic (exact) mass is 511 g/mol. The van der Waals surface area contributed by atoms with Gasteiger partial charge in [-0.25, -0.2) is 4.68 Å². The predicted molar refractivity (Wildman–Crippen MR) is 149 cm³/mol. The van der Waals surface area contributed by atoms with Crippen molar-refractivity contribution in [3.8, 4) is 5.69 Å². The minimum absolute atomic E-state index is 0.00206. The molecule has 4 saturated carbocycles. The van der Waals surface area contributed by atoms with Crippen LogP contribution in [0.1, 0.15) is 55.3 Å². The number of aromatic nitrogens is 2. The Hall–Kier alpha value is -2.70. The van der Waals surface area contributed by atoms with E-state index in [9.17, 15) is 4.79 Å². The van der Waals surface area contributed by atoms with Gasteiger partial charge < -0.3 is 0 Å². The van der Waals surface area contributed by atoms with Crippen LogP contribution in [0.25, 0.3) is 11.8 Å². The van der Waals surface area contributed by atoms with Crippen molar-refractivity contribution in [3.05, 3.63) is 88.6 Å². The van der Waals surface area contributed by atoms with Crippen LogP contribution in [0.5, 0.6) is 0 Å². The van der Waals surface area contributed by atoms with Crippen LogP contribution < -0.4 is 0 Å². The summed E-state index contributed by atoms with van der Waals surface area (Å²) in [7, 11) is 0. The molecule has 1 saturated heterocycles. The van der Waals surface area contributed by atoms with Gasteiger partial charge in [0, 0.05) is 17.2 Å². The van der Waals surface area contributed by atoms with E-state index in [2.05, 4.69) is 36.5 Å². The maximum Gasteiger partial charge on any atom is 0.266 e. The van der Waals surface area contributed by atoms with E-state index in [1.807, 2.05) is 41.1 Å². The molecule has 4 nitrogen and oxygen atoms in total. The molecule has 0 spiro atoms. The first-order valence-electron chi connectivity index (χ1n) is 13.0. The highest BCUT2D eigenvalue weighted by Crippen LogP contribution is 2.61. The minimum Gasteiger partial charge on any atom is -0.288 e. The highest BCUT2D eigenvalue weighted by molar-refractivity contribution is 8.26. The number of rotatable bonds is 5. The van der Waals surface area contributed by atoms with E-state index in [-0.39, 0.29) is 11.3 Å². The zero-order valence-corrected chi connectivity index (χ0v) is 21.8. The van der Waals surface area contributed by atoms with Crippen LogP contribution in [0.15, 0.2) is 71.8 Å². The molecule has 1 aromatic heterocycles. The van der Waals surface area contributed by atoms with Crippen LogP contribution in [0, 0.1) is 17.8 Å². The number of amides is 1. The molecule has 6 heteroatoms. The number of para-hydroxylation sites is 1. The fraction of sp³-hybridized carbons (Fsp3) is 0.367. The van der Waals surface area contributed by atoms with E-state index in [1.54, 1.807) is 4.90 Å². The Kier molecular flexibility index (Phi) is 5.44. The Balaban J connectivity index is 1.28. The standard InChI is InChI=1S/C30H29N3OS2/c34-28-26(36-29(35)32(28)18-20-7-3-1-4-8-20)14-24-19-33(25-9-5-2-6-10-25)31-27(24)30-15-21-11-22(16-30)13-23(12-21)17-30/h1-10,14,19,21-23H,11-13,15-18H2. The van der Waals surface area contributed by atoms with Gasteiger partial charge in [-0.1, -0.05) is 72.5 Å². The van der Waals surface area contributed by atoms with Crippen LogP contribution in [-0.2, 0) is 16.8 Å². The average Bonchev–Trinajstić information content (AvgIpc) is 3.42. The Morgan fingerprint density at radius 2 is 1.56 bits per heavy atom. The van der Waals surface area contributed by atoms with E-state index in [4.69, 9.17) is 17.3 Å². The van der Waals surface area contributed by atoms with Crippen molar-refractivity contribution in [2.75, 3.05) is 0 Å². The van der Waals surface area contributed by atoms with Gasteiger partial charge in [0.2, 0.25) is 0 Å². The van der Waals surface area contributed by atoms with Gasteiger partial charge in [0.1, 0.15) is 4.32 Å². The van der Waals surface area contributed by atoms with E-state index >= 15 is 0 Å². The summed E-state index contributed by atoms with van der Waals surface area (Å²) in [5.41, 5.74) is 4.55. The van der Waals surface area contributed by atoms with E-state index in [0.717, 1.165) is 34.6 Å². The first-order chi connectivity index (χ1) is 17.6. The van der Waals surface area contributed by atoms with Crippen molar-refractivity contribution in [2.24, 2.45) is 17.8 Å². The number of hydrogen-bond donors (Lipinski definition) is 0. The van der Waals surface area contributed by atoms with Crippen LogP contribution >= 0.6 is 24.0 Å². The number of nitrogens with zero attached hydrogens (tertiary/aromatic N) is 3. The molecular formula is C30H29N3OS2. The number of thiocarbonyl (C=S) groups is 1. The van der Waals surface area contributed by atoms with E-state index < -0.39 is 0 Å². The number of thioether (sulfide) groups is 1. The summed E-state index contributed by atoms with van der Waals surface area (Å²) in [4.78, 5) is 15.9. The Morgan fingerprint density at radius 3 is 2.19 bits per heavy atom. The van der Waals surface area contributed by atoms with Crippen molar-refractivity contribution < 1.29 is 4.79 Å². The smallest absolute Gasteiger partial charge is 0.266 e. The highest BCUT2D eigenvalue weighted by atomic mass is 32.2. The molecule has 1 aliphatic heterocycles. The fourth-order valence-corrected chi connectivity index (χ4v) is 8.81. The number of carbonyl (C=O) groups excluding carboxylic acids is 1. The molecule has 0 unspecified atom stereocenters. The molecule has 5 aliphatic rings. The Bertz CT molecular complexity index is 1330. The minimum atomic E-state index is -0.00206. The topological polar surface area (TPSA) is 38.1 Å². The predicted octanol–water partition coefficient (Wildman–Crippen LogP) is 6.74. The second-order valence-corrected chi connectivity index (χ2v) is 12.8. The summed E-state index contributed by atoms with van der Waals surface area (Å²) < 4.78 is 2.65. The van der Waals surface area contributed by atoms with Gasteiger partial charge in [0.25, 0.3) is 5.91 Å².